The molecule has 1 saturated heterocycles. The zero-order valence-electron chi connectivity index (χ0n) is 10.8. The molecule has 96 valence electrons. The van der Waals surface area contributed by atoms with E-state index in [9.17, 15) is 0 Å². The first-order chi connectivity index (χ1) is 7.65. The topological polar surface area (TPSA) is 47.7 Å². The summed E-state index contributed by atoms with van der Waals surface area (Å²) in [5.74, 6) is 0.592. The second-order valence-electron chi connectivity index (χ2n) is 4.83. The lowest BCUT2D eigenvalue weighted by atomic mass is 9.98. The van der Waals surface area contributed by atoms with E-state index in [1.54, 1.807) is 0 Å². The van der Waals surface area contributed by atoms with Crippen LogP contribution < -0.4 is 5.73 Å². The van der Waals surface area contributed by atoms with Gasteiger partial charge in [0.2, 0.25) is 0 Å². The van der Waals surface area contributed by atoms with E-state index in [0.717, 1.165) is 32.8 Å². The first-order valence-corrected chi connectivity index (χ1v) is 6.24. The van der Waals surface area contributed by atoms with E-state index >= 15 is 0 Å². The lowest BCUT2D eigenvalue weighted by Gasteiger charge is -2.31. The van der Waals surface area contributed by atoms with Gasteiger partial charge in [-0.15, -0.1) is 0 Å². The third kappa shape index (κ3) is 4.37. The maximum atomic E-state index is 5.85. The highest BCUT2D eigenvalue weighted by Gasteiger charge is 2.27. The smallest absolute Gasteiger partial charge is 0.0596 e. The number of rotatable bonds is 7. The highest BCUT2D eigenvalue weighted by molar-refractivity contribution is 4.81. The molecule has 0 aromatic heterocycles. The van der Waals surface area contributed by atoms with E-state index in [1.165, 1.54) is 0 Å². The molecule has 0 amide bonds. The van der Waals surface area contributed by atoms with Crippen molar-refractivity contribution in [2.24, 2.45) is 11.7 Å². The van der Waals surface area contributed by atoms with Crippen molar-refractivity contribution in [2.45, 2.75) is 32.4 Å². The van der Waals surface area contributed by atoms with Gasteiger partial charge in [-0.2, -0.15) is 0 Å². The van der Waals surface area contributed by atoms with Gasteiger partial charge >= 0.3 is 0 Å². The molecule has 2 atom stereocenters. The van der Waals surface area contributed by atoms with Crippen molar-refractivity contribution < 1.29 is 9.47 Å². The lowest BCUT2D eigenvalue weighted by Crippen LogP contribution is -2.45. The quantitative estimate of drug-likeness (QED) is 0.699. The summed E-state index contributed by atoms with van der Waals surface area (Å²) in [6.45, 7) is 8.28. The maximum absolute atomic E-state index is 5.85. The molecule has 1 aliphatic heterocycles. The highest BCUT2D eigenvalue weighted by atomic mass is 16.5. The fraction of sp³-hybridized carbons (Fsp3) is 1.00. The van der Waals surface area contributed by atoms with Crippen molar-refractivity contribution in [3.8, 4) is 0 Å². The summed E-state index contributed by atoms with van der Waals surface area (Å²) in [5, 5.41) is 0. The summed E-state index contributed by atoms with van der Waals surface area (Å²) in [6.07, 6.45) is 1.44. The van der Waals surface area contributed by atoms with Crippen LogP contribution in [-0.2, 0) is 9.47 Å². The molecule has 2 N–H and O–H groups in total. The molecule has 0 saturated carbocycles. The Labute approximate surface area is 99.1 Å². The van der Waals surface area contributed by atoms with Crippen LogP contribution in [0.5, 0.6) is 0 Å². The van der Waals surface area contributed by atoms with Gasteiger partial charge < -0.3 is 15.2 Å². The number of ether oxygens (including phenoxy) is 2. The summed E-state index contributed by atoms with van der Waals surface area (Å²) in [7, 11) is 2.12. The van der Waals surface area contributed by atoms with Gasteiger partial charge in [0.15, 0.2) is 0 Å². The molecular formula is C12H26N2O2. The molecule has 1 rings (SSSR count). The van der Waals surface area contributed by atoms with Gasteiger partial charge in [0.05, 0.1) is 19.3 Å². The van der Waals surface area contributed by atoms with Crippen LogP contribution in [0.1, 0.15) is 20.3 Å². The predicted octanol–water partition coefficient (Wildman–Crippen LogP) is 0.707. The van der Waals surface area contributed by atoms with Crippen LogP contribution in [0, 0.1) is 5.92 Å². The molecule has 4 nitrogen and oxygen atoms in total. The van der Waals surface area contributed by atoms with Crippen LogP contribution in [0.3, 0.4) is 0 Å². The average Bonchev–Trinajstić information content (AvgIpc) is 2.71. The fourth-order valence-corrected chi connectivity index (χ4v) is 2.19. The Bertz CT molecular complexity index is 182. The summed E-state index contributed by atoms with van der Waals surface area (Å²) in [5.41, 5.74) is 5.85. The number of likely N-dealkylation sites (N-methyl/N-ethyl adjacent to an activating group) is 1. The number of nitrogens with two attached hydrogens (primary N) is 1. The van der Waals surface area contributed by atoms with E-state index in [1.807, 2.05) is 0 Å². The lowest BCUT2D eigenvalue weighted by molar-refractivity contribution is 0.0481. The van der Waals surface area contributed by atoms with Gasteiger partial charge in [-0.1, -0.05) is 0 Å². The normalized spacial score (nSPS) is 23.2. The molecule has 2 unspecified atom stereocenters. The Morgan fingerprint density at radius 3 is 2.75 bits per heavy atom. The highest BCUT2D eigenvalue weighted by Crippen LogP contribution is 2.19. The molecular weight excluding hydrogens is 204 g/mol. The second kappa shape index (κ2) is 7.22. The van der Waals surface area contributed by atoms with Crippen LogP contribution >= 0.6 is 0 Å². The van der Waals surface area contributed by atoms with Gasteiger partial charge in [0.25, 0.3) is 0 Å². The Morgan fingerprint density at radius 1 is 1.50 bits per heavy atom. The van der Waals surface area contributed by atoms with Gasteiger partial charge in [-0.05, 0) is 27.3 Å². The van der Waals surface area contributed by atoms with Crippen molar-refractivity contribution in [1.29, 1.82) is 0 Å². The molecule has 0 radical (unpaired) electrons. The molecule has 0 aliphatic carbocycles. The van der Waals surface area contributed by atoms with Gasteiger partial charge in [0, 0.05) is 31.7 Å². The van der Waals surface area contributed by atoms with Gasteiger partial charge in [-0.25, -0.2) is 0 Å². The van der Waals surface area contributed by atoms with E-state index < -0.39 is 0 Å². The minimum atomic E-state index is 0.305. The Morgan fingerprint density at radius 2 is 2.25 bits per heavy atom. The molecule has 0 aromatic carbocycles. The molecule has 0 spiro atoms. The molecule has 1 fully saturated rings. The predicted molar refractivity (Wildman–Crippen MR) is 65.5 cm³/mol. The summed E-state index contributed by atoms with van der Waals surface area (Å²) in [6, 6.07) is 0.429. The van der Waals surface area contributed by atoms with Gasteiger partial charge in [0.1, 0.15) is 0 Å². The van der Waals surface area contributed by atoms with Crippen LogP contribution in [-0.4, -0.2) is 57.0 Å². The minimum Gasteiger partial charge on any atom is -0.381 e. The number of hydrogen-bond acceptors (Lipinski definition) is 4. The Hall–Kier alpha value is -0.160. The number of nitrogens with zero attached hydrogens (tertiary/aromatic N) is 1. The van der Waals surface area contributed by atoms with Crippen molar-refractivity contribution in [1.82, 2.24) is 4.90 Å². The van der Waals surface area contributed by atoms with Crippen LogP contribution in [0.15, 0.2) is 0 Å². The first kappa shape index (κ1) is 13.9. The van der Waals surface area contributed by atoms with Crippen LogP contribution in [0.4, 0.5) is 0 Å². The molecule has 16 heavy (non-hydrogen) atoms. The third-order valence-corrected chi connectivity index (χ3v) is 3.21. The van der Waals surface area contributed by atoms with E-state index in [-0.39, 0.29) is 0 Å². The van der Waals surface area contributed by atoms with E-state index in [0.29, 0.717) is 24.6 Å². The van der Waals surface area contributed by atoms with Crippen molar-refractivity contribution >= 4 is 0 Å². The molecule has 0 bridgehead atoms. The monoisotopic (exact) mass is 230 g/mol. The van der Waals surface area contributed by atoms with E-state index in [4.69, 9.17) is 15.2 Å². The van der Waals surface area contributed by atoms with Crippen LogP contribution in [0.2, 0.25) is 0 Å². The van der Waals surface area contributed by atoms with Gasteiger partial charge in [-0.3, -0.25) is 4.90 Å². The zero-order chi connectivity index (χ0) is 12.0. The van der Waals surface area contributed by atoms with E-state index in [2.05, 4.69) is 25.8 Å². The number of hydrogen-bond donors (Lipinski definition) is 1. The van der Waals surface area contributed by atoms with Crippen molar-refractivity contribution in [3.05, 3.63) is 0 Å². The molecule has 4 heteroatoms. The SMILES string of the molecule is CC(C)OCCN(C)C(CN)C1CCOC1. The summed E-state index contributed by atoms with van der Waals surface area (Å²) < 4.78 is 11.0. The zero-order valence-corrected chi connectivity index (χ0v) is 10.8. The average molecular weight is 230 g/mol. The van der Waals surface area contributed by atoms with Crippen molar-refractivity contribution in [3.63, 3.8) is 0 Å². The Kier molecular flexibility index (Phi) is 6.28. The fourth-order valence-electron chi connectivity index (χ4n) is 2.19. The van der Waals surface area contributed by atoms with Crippen LogP contribution in [0.25, 0.3) is 0 Å². The molecule has 1 heterocycles. The minimum absolute atomic E-state index is 0.305. The molecule has 1 aliphatic rings. The molecule has 0 aromatic rings. The summed E-state index contributed by atoms with van der Waals surface area (Å²) in [4.78, 5) is 2.31. The second-order valence-corrected chi connectivity index (χ2v) is 4.83. The van der Waals surface area contributed by atoms with Crippen molar-refractivity contribution in [2.75, 3.05) is 40.0 Å². The maximum Gasteiger partial charge on any atom is 0.0596 e. The standard InChI is InChI=1S/C12H26N2O2/c1-10(2)16-7-5-14(3)12(8-13)11-4-6-15-9-11/h10-12H,4-9,13H2,1-3H3. The first-order valence-electron chi connectivity index (χ1n) is 6.24. The Balaban J connectivity index is 2.28. The third-order valence-electron chi connectivity index (χ3n) is 3.21. The summed E-state index contributed by atoms with van der Waals surface area (Å²) >= 11 is 0. The largest absolute Gasteiger partial charge is 0.381 e.